The van der Waals surface area contributed by atoms with Crippen LogP contribution in [-0.2, 0) is 5.54 Å². The molecule has 1 heterocycles. The molecule has 1 fully saturated rings. The van der Waals surface area contributed by atoms with Crippen LogP contribution < -0.4 is 5.73 Å². The average Bonchev–Trinajstić information content (AvgIpc) is 2.83. The van der Waals surface area contributed by atoms with Crippen molar-refractivity contribution in [3.63, 3.8) is 0 Å². The largest absolute Gasteiger partial charge is 0.328 e. The Hall–Kier alpha value is -0.830. The van der Waals surface area contributed by atoms with Crippen molar-refractivity contribution in [2.75, 3.05) is 6.54 Å². The van der Waals surface area contributed by atoms with Crippen molar-refractivity contribution in [2.24, 2.45) is 5.73 Å². The SMILES string of the molecule is CC(C)(CN)n1cc(C2CC2)cn1. The minimum absolute atomic E-state index is 0.0485. The van der Waals surface area contributed by atoms with Gasteiger partial charge in [0.1, 0.15) is 0 Å². The summed E-state index contributed by atoms with van der Waals surface area (Å²) in [7, 11) is 0. The third-order valence-electron chi connectivity index (χ3n) is 2.77. The standard InChI is InChI=1S/C10H17N3/c1-10(2,7-11)13-6-9(5-12-13)8-3-4-8/h5-6,8H,3-4,7,11H2,1-2H3. The first kappa shape index (κ1) is 8.75. The summed E-state index contributed by atoms with van der Waals surface area (Å²) >= 11 is 0. The van der Waals surface area contributed by atoms with E-state index in [0.717, 1.165) is 5.92 Å². The molecule has 2 rings (SSSR count). The maximum atomic E-state index is 5.68. The van der Waals surface area contributed by atoms with Crippen molar-refractivity contribution in [2.45, 2.75) is 38.1 Å². The van der Waals surface area contributed by atoms with E-state index >= 15 is 0 Å². The van der Waals surface area contributed by atoms with Gasteiger partial charge < -0.3 is 5.73 Å². The van der Waals surface area contributed by atoms with E-state index in [0.29, 0.717) is 6.54 Å². The summed E-state index contributed by atoms with van der Waals surface area (Å²) in [6.45, 7) is 4.84. The van der Waals surface area contributed by atoms with Gasteiger partial charge in [0.05, 0.1) is 11.7 Å². The van der Waals surface area contributed by atoms with E-state index in [1.165, 1.54) is 18.4 Å². The molecule has 13 heavy (non-hydrogen) atoms. The van der Waals surface area contributed by atoms with Gasteiger partial charge in [-0.2, -0.15) is 5.10 Å². The van der Waals surface area contributed by atoms with E-state index in [2.05, 4.69) is 25.1 Å². The van der Waals surface area contributed by atoms with Crippen LogP contribution in [0.25, 0.3) is 0 Å². The van der Waals surface area contributed by atoms with Crippen molar-refractivity contribution in [3.05, 3.63) is 18.0 Å². The Bertz CT molecular complexity index is 297. The molecule has 0 atom stereocenters. The molecule has 0 unspecified atom stereocenters. The lowest BCUT2D eigenvalue weighted by Crippen LogP contribution is -2.35. The predicted octanol–water partition coefficient (Wildman–Crippen LogP) is 1.45. The molecule has 1 aromatic heterocycles. The summed E-state index contributed by atoms with van der Waals surface area (Å²) in [5, 5.41) is 4.36. The maximum Gasteiger partial charge on any atom is 0.0693 e. The molecule has 2 N–H and O–H groups in total. The topological polar surface area (TPSA) is 43.8 Å². The average molecular weight is 179 g/mol. The molecule has 0 bridgehead atoms. The number of nitrogens with zero attached hydrogens (tertiary/aromatic N) is 2. The Morgan fingerprint density at radius 2 is 2.31 bits per heavy atom. The van der Waals surface area contributed by atoms with Gasteiger partial charge in [0.2, 0.25) is 0 Å². The fourth-order valence-electron chi connectivity index (χ4n) is 1.39. The Labute approximate surface area is 78.9 Å². The molecule has 0 amide bonds. The van der Waals surface area contributed by atoms with Crippen LogP contribution in [-0.4, -0.2) is 16.3 Å². The molecule has 3 nitrogen and oxygen atoms in total. The molecule has 1 saturated carbocycles. The van der Waals surface area contributed by atoms with Crippen molar-refractivity contribution in [1.29, 1.82) is 0 Å². The van der Waals surface area contributed by atoms with Crippen LogP contribution in [0.1, 0.15) is 38.2 Å². The second kappa shape index (κ2) is 2.84. The lowest BCUT2D eigenvalue weighted by Gasteiger charge is -2.22. The van der Waals surface area contributed by atoms with Crippen LogP contribution >= 0.6 is 0 Å². The molecule has 72 valence electrons. The van der Waals surface area contributed by atoms with E-state index in [9.17, 15) is 0 Å². The van der Waals surface area contributed by atoms with Crippen LogP contribution in [0.4, 0.5) is 0 Å². The maximum absolute atomic E-state index is 5.68. The lowest BCUT2D eigenvalue weighted by molar-refractivity contribution is 0.330. The van der Waals surface area contributed by atoms with Crippen molar-refractivity contribution in [1.82, 2.24) is 9.78 Å². The van der Waals surface area contributed by atoms with Crippen LogP contribution in [0.5, 0.6) is 0 Å². The number of hydrogen-bond donors (Lipinski definition) is 1. The fraction of sp³-hybridized carbons (Fsp3) is 0.700. The highest BCUT2D eigenvalue weighted by molar-refractivity contribution is 5.17. The molecule has 0 saturated heterocycles. The monoisotopic (exact) mass is 179 g/mol. The molecule has 0 aliphatic heterocycles. The lowest BCUT2D eigenvalue weighted by atomic mass is 10.1. The molecular weight excluding hydrogens is 162 g/mol. The first-order valence-corrected chi connectivity index (χ1v) is 4.88. The van der Waals surface area contributed by atoms with Gasteiger partial charge in [0.15, 0.2) is 0 Å². The highest BCUT2D eigenvalue weighted by atomic mass is 15.3. The van der Waals surface area contributed by atoms with E-state index in [1.807, 2.05) is 10.9 Å². The van der Waals surface area contributed by atoms with Gasteiger partial charge >= 0.3 is 0 Å². The van der Waals surface area contributed by atoms with Gasteiger partial charge in [-0.1, -0.05) is 0 Å². The van der Waals surface area contributed by atoms with E-state index in [4.69, 9.17) is 5.73 Å². The summed E-state index contributed by atoms with van der Waals surface area (Å²) in [6.07, 6.45) is 6.78. The zero-order valence-electron chi connectivity index (χ0n) is 8.33. The molecule has 3 heteroatoms. The Morgan fingerprint density at radius 3 is 2.85 bits per heavy atom. The van der Waals surface area contributed by atoms with Crippen LogP contribution in [0.3, 0.4) is 0 Å². The van der Waals surface area contributed by atoms with Crippen molar-refractivity contribution < 1.29 is 0 Å². The minimum atomic E-state index is -0.0485. The van der Waals surface area contributed by atoms with Crippen LogP contribution in [0.15, 0.2) is 12.4 Å². The fourth-order valence-corrected chi connectivity index (χ4v) is 1.39. The third kappa shape index (κ3) is 1.61. The molecule has 1 aliphatic rings. The van der Waals surface area contributed by atoms with Gasteiger partial charge in [-0.25, -0.2) is 0 Å². The first-order valence-electron chi connectivity index (χ1n) is 4.88. The molecule has 1 aromatic rings. The summed E-state index contributed by atoms with van der Waals surface area (Å²) in [5.41, 5.74) is 7.01. The van der Waals surface area contributed by atoms with Gasteiger partial charge in [0.25, 0.3) is 0 Å². The molecule has 1 aliphatic carbocycles. The van der Waals surface area contributed by atoms with Gasteiger partial charge in [-0.05, 0) is 38.2 Å². The number of nitrogens with two attached hydrogens (primary N) is 1. The summed E-state index contributed by atoms with van der Waals surface area (Å²) in [5.74, 6) is 0.780. The third-order valence-corrected chi connectivity index (χ3v) is 2.77. The van der Waals surface area contributed by atoms with Gasteiger partial charge in [-0.3, -0.25) is 4.68 Å². The van der Waals surface area contributed by atoms with Crippen LogP contribution in [0, 0.1) is 0 Å². The van der Waals surface area contributed by atoms with E-state index < -0.39 is 0 Å². The second-order valence-electron chi connectivity index (χ2n) is 4.51. The predicted molar refractivity (Wildman–Crippen MR) is 52.6 cm³/mol. The normalized spacial score (nSPS) is 17.8. The second-order valence-corrected chi connectivity index (χ2v) is 4.51. The Balaban J connectivity index is 2.20. The Kier molecular flexibility index (Phi) is 1.91. The van der Waals surface area contributed by atoms with Gasteiger partial charge in [0, 0.05) is 12.7 Å². The number of aromatic nitrogens is 2. The number of hydrogen-bond acceptors (Lipinski definition) is 2. The highest BCUT2D eigenvalue weighted by Crippen LogP contribution is 2.40. The molecule has 0 radical (unpaired) electrons. The van der Waals surface area contributed by atoms with E-state index in [1.54, 1.807) is 0 Å². The highest BCUT2D eigenvalue weighted by Gasteiger charge is 2.27. The minimum Gasteiger partial charge on any atom is -0.328 e. The molecular formula is C10H17N3. The van der Waals surface area contributed by atoms with Crippen molar-refractivity contribution in [3.8, 4) is 0 Å². The summed E-state index contributed by atoms with van der Waals surface area (Å²) < 4.78 is 1.99. The quantitative estimate of drug-likeness (QED) is 0.763. The summed E-state index contributed by atoms with van der Waals surface area (Å²) in [6, 6.07) is 0. The van der Waals surface area contributed by atoms with E-state index in [-0.39, 0.29) is 5.54 Å². The van der Waals surface area contributed by atoms with Crippen LogP contribution in [0.2, 0.25) is 0 Å². The molecule has 0 aromatic carbocycles. The first-order chi connectivity index (χ1) is 6.13. The van der Waals surface area contributed by atoms with Gasteiger partial charge in [-0.15, -0.1) is 0 Å². The number of rotatable bonds is 3. The summed E-state index contributed by atoms with van der Waals surface area (Å²) in [4.78, 5) is 0. The smallest absolute Gasteiger partial charge is 0.0693 e. The Morgan fingerprint density at radius 1 is 1.62 bits per heavy atom. The zero-order chi connectivity index (χ0) is 9.47. The van der Waals surface area contributed by atoms with Crippen molar-refractivity contribution >= 4 is 0 Å². The molecule has 0 spiro atoms. The zero-order valence-corrected chi connectivity index (χ0v) is 8.33.